The van der Waals surface area contributed by atoms with Crippen LogP contribution in [-0.2, 0) is 29.6 Å². The molecule has 4 rings (SSSR count). The lowest BCUT2D eigenvalue weighted by Crippen LogP contribution is -2.40. The van der Waals surface area contributed by atoms with E-state index in [0.29, 0.717) is 28.9 Å². The van der Waals surface area contributed by atoms with Crippen molar-refractivity contribution in [1.82, 2.24) is 19.4 Å². The highest BCUT2D eigenvalue weighted by molar-refractivity contribution is 6.35. The van der Waals surface area contributed by atoms with Crippen molar-refractivity contribution >= 4 is 58.3 Å². The van der Waals surface area contributed by atoms with E-state index in [1.807, 2.05) is 44.3 Å². The summed E-state index contributed by atoms with van der Waals surface area (Å²) in [5.41, 5.74) is 9.02. The van der Waals surface area contributed by atoms with Gasteiger partial charge in [-0.3, -0.25) is 19.4 Å². The molecule has 2 aromatic carbocycles. The Kier molecular flexibility index (Phi) is 6.98. The third kappa shape index (κ3) is 5.03. The molecule has 10 nitrogen and oxygen atoms in total. The molecule has 0 radical (unpaired) electrons. The zero-order chi connectivity index (χ0) is 26.0. The maximum Gasteiger partial charge on any atom is 0.332 e. The molecule has 2 aromatic heterocycles. The Morgan fingerprint density at radius 1 is 1.22 bits per heavy atom. The van der Waals surface area contributed by atoms with Crippen LogP contribution < -0.4 is 16.0 Å². The second kappa shape index (κ2) is 10.1. The summed E-state index contributed by atoms with van der Waals surface area (Å²) >= 11 is 6.24. The van der Waals surface area contributed by atoms with Crippen molar-refractivity contribution in [3.8, 4) is 0 Å². The van der Waals surface area contributed by atoms with Crippen molar-refractivity contribution in [3.63, 3.8) is 0 Å². The summed E-state index contributed by atoms with van der Waals surface area (Å²) in [7, 11) is 3.39. The summed E-state index contributed by atoms with van der Waals surface area (Å²) in [5.74, 6) is 0.514. The van der Waals surface area contributed by atoms with Gasteiger partial charge in [-0.1, -0.05) is 29.8 Å². The minimum atomic E-state index is -0.529. The van der Waals surface area contributed by atoms with Crippen LogP contribution in [0.4, 0.5) is 22.2 Å². The molecular weight excluding hydrogens is 482 g/mol. The molecule has 0 aliphatic rings. The zero-order valence-electron chi connectivity index (χ0n) is 20.1. The van der Waals surface area contributed by atoms with Crippen LogP contribution in [0.5, 0.6) is 0 Å². The minimum absolute atomic E-state index is 0.0479. The number of imide groups is 1. The second-order valence-corrected chi connectivity index (χ2v) is 8.85. The van der Waals surface area contributed by atoms with E-state index in [1.165, 1.54) is 4.90 Å². The Balaban J connectivity index is 1.51. The molecule has 0 spiro atoms. The Hall–Kier alpha value is -4.31. The lowest BCUT2D eigenvalue weighted by Gasteiger charge is -2.22. The topological polar surface area (TPSA) is 129 Å². The molecule has 0 saturated heterocycles. The maximum absolute atomic E-state index is 13.2. The number of hydrogen-bond donors (Lipinski definition) is 3. The molecule has 186 valence electrons. The average Bonchev–Trinajstić information content (AvgIpc) is 3.39. The second-order valence-electron chi connectivity index (χ2n) is 8.44. The SMILES string of the molecule is Cc1c(N(C)C(=O)N(C=O)Cc2cc3c(Cl)cccc3[nH]2)nc(Nc2ccc(CC(N)=O)cc2)n1C. The molecule has 0 unspecified atom stereocenters. The van der Waals surface area contributed by atoms with E-state index < -0.39 is 11.9 Å². The van der Waals surface area contributed by atoms with Gasteiger partial charge < -0.3 is 20.6 Å². The summed E-state index contributed by atoms with van der Waals surface area (Å²) in [5, 5.41) is 4.61. The molecule has 0 aliphatic heterocycles. The molecule has 0 fully saturated rings. The Labute approximate surface area is 212 Å². The number of aromatic amines is 1. The van der Waals surface area contributed by atoms with Crippen molar-refractivity contribution in [1.29, 1.82) is 0 Å². The van der Waals surface area contributed by atoms with E-state index in [-0.39, 0.29) is 13.0 Å². The highest BCUT2D eigenvalue weighted by Gasteiger charge is 2.25. The van der Waals surface area contributed by atoms with Gasteiger partial charge in [-0.05, 0) is 42.8 Å². The molecular formula is C25H26ClN7O3. The molecule has 0 aliphatic carbocycles. The van der Waals surface area contributed by atoms with Crippen LogP contribution in [0, 0.1) is 6.92 Å². The van der Waals surface area contributed by atoms with Gasteiger partial charge in [0.05, 0.1) is 18.7 Å². The van der Waals surface area contributed by atoms with Crippen LogP contribution in [0.15, 0.2) is 48.5 Å². The summed E-state index contributed by atoms with van der Waals surface area (Å²) < 4.78 is 1.81. The number of primary amides is 1. The number of aromatic nitrogens is 3. The smallest absolute Gasteiger partial charge is 0.332 e. The number of anilines is 3. The van der Waals surface area contributed by atoms with Crippen LogP contribution in [0.2, 0.25) is 5.02 Å². The summed E-state index contributed by atoms with van der Waals surface area (Å²) in [6.07, 6.45) is 0.661. The molecule has 2 heterocycles. The van der Waals surface area contributed by atoms with Crippen LogP contribution in [0.25, 0.3) is 10.9 Å². The summed E-state index contributed by atoms with van der Waals surface area (Å²) in [6.45, 7) is 1.88. The van der Waals surface area contributed by atoms with E-state index in [4.69, 9.17) is 17.3 Å². The number of H-pyrrole nitrogens is 1. The van der Waals surface area contributed by atoms with E-state index in [9.17, 15) is 14.4 Å². The number of rotatable bonds is 8. The van der Waals surface area contributed by atoms with Gasteiger partial charge >= 0.3 is 6.03 Å². The maximum atomic E-state index is 13.2. The number of carbonyl (C=O) groups excluding carboxylic acids is 3. The highest BCUT2D eigenvalue weighted by atomic mass is 35.5. The third-order valence-electron chi connectivity index (χ3n) is 5.93. The standard InChI is InChI=1S/C25H26ClN7O3/c1-15-23(30-24(31(15)2)29-17-9-7-16(8-10-17)11-22(27)35)32(3)25(36)33(14-34)13-18-12-19-20(26)5-4-6-21(19)28-18/h4-10,12,14,28H,11,13H2,1-3H3,(H2,27,35)(H,29,30). The molecule has 4 amide bonds. The normalized spacial score (nSPS) is 10.9. The number of nitrogens with one attached hydrogen (secondary N) is 2. The van der Waals surface area contributed by atoms with Gasteiger partial charge in [0.15, 0.2) is 5.82 Å². The first kappa shape index (κ1) is 24.8. The molecule has 0 saturated carbocycles. The fourth-order valence-electron chi connectivity index (χ4n) is 3.91. The van der Waals surface area contributed by atoms with Crippen LogP contribution in [-0.4, -0.2) is 44.8 Å². The van der Waals surface area contributed by atoms with Crippen molar-refractivity contribution in [2.75, 3.05) is 17.3 Å². The first-order valence-electron chi connectivity index (χ1n) is 11.1. The first-order valence-corrected chi connectivity index (χ1v) is 11.5. The number of halogens is 1. The first-order chi connectivity index (χ1) is 17.2. The predicted octanol–water partition coefficient (Wildman–Crippen LogP) is 3.85. The minimum Gasteiger partial charge on any atom is -0.369 e. The Morgan fingerprint density at radius 3 is 2.58 bits per heavy atom. The molecule has 36 heavy (non-hydrogen) atoms. The number of nitrogens with two attached hydrogens (primary N) is 1. The number of carbonyl (C=O) groups is 3. The average molecular weight is 508 g/mol. The highest BCUT2D eigenvalue weighted by Crippen LogP contribution is 2.27. The predicted molar refractivity (Wildman–Crippen MR) is 139 cm³/mol. The number of amides is 4. The number of nitrogens with zero attached hydrogens (tertiary/aromatic N) is 4. The van der Waals surface area contributed by atoms with E-state index in [0.717, 1.165) is 32.7 Å². The van der Waals surface area contributed by atoms with Crippen molar-refractivity contribution in [3.05, 3.63) is 70.5 Å². The number of urea groups is 1. The molecule has 4 N–H and O–H groups in total. The fourth-order valence-corrected chi connectivity index (χ4v) is 4.14. The van der Waals surface area contributed by atoms with E-state index in [2.05, 4.69) is 15.3 Å². The van der Waals surface area contributed by atoms with Gasteiger partial charge in [-0.2, -0.15) is 4.98 Å². The fraction of sp³-hybridized carbons (Fsp3) is 0.200. The largest absolute Gasteiger partial charge is 0.369 e. The Morgan fingerprint density at radius 2 is 1.94 bits per heavy atom. The summed E-state index contributed by atoms with van der Waals surface area (Å²) in [6, 6.07) is 14.0. The Bertz CT molecular complexity index is 1440. The summed E-state index contributed by atoms with van der Waals surface area (Å²) in [4.78, 5) is 46.3. The molecule has 4 aromatic rings. The lowest BCUT2D eigenvalue weighted by atomic mass is 10.1. The van der Waals surface area contributed by atoms with Gasteiger partial charge in [-0.15, -0.1) is 0 Å². The van der Waals surface area contributed by atoms with Gasteiger partial charge in [0, 0.05) is 41.4 Å². The van der Waals surface area contributed by atoms with Gasteiger partial charge in [0.1, 0.15) is 0 Å². The van der Waals surface area contributed by atoms with Crippen molar-refractivity contribution < 1.29 is 14.4 Å². The van der Waals surface area contributed by atoms with E-state index >= 15 is 0 Å². The number of hydrogen-bond acceptors (Lipinski definition) is 5. The third-order valence-corrected chi connectivity index (χ3v) is 6.26. The number of imidazole rings is 1. The van der Waals surface area contributed by atoms with Gasteiger partial charge in [0.2, 0.25) is 18.3 Å². The quantitative estimate of drug-likeness (QED) is 0.312. The monoisotopic (exact) mass is 507 g/mol. The van der Waals surface area contributed by atoms with Crippen molar-refractivity contribution in [2.24, 2.45) is 12.8 Å². The van der Waals surface area contributed by atoms with E-state index in [1.54, 1.807) is 29.8 Å². The van der Waals surface area contributed by atoms with Crippen LogP contribution in [0.1, 0.15) is 17.0 Å². The molecule has 0 bridgehead atoms. The van der Waals surface area contributed by atoms with Crippen molar-refractivity contribution in [2.45, 2.75) is 19.9 Å². The van der Waals surface area contributed by atoms with Gasteiger partial charge in [-0.25, -0.2) is 4.79 Å². The molecule has 11 heteroatoms. The van der Waals surface area contributed by atoms with Crippen LogP contribution >= 0.6 is 11.6 Å². The zero-order valence-corrected chi connectivity index (χ0v) is 20.8. The lowest BCUT2D eigenvalue weighted by molar-refractivity contribution is -0.117. The molecule has 0 atom stereocenters. The van der Waals surface area contributed by atoms with Crippen LogP contribution in [0.3, 0.4) is 0 Å². The van der Waals surface area contributed by atoms with Gasteiger partial charge in [0.25, 0.3) is 0 Å². The number of fused-ring (bicyclic) bond motifs is 1. The number of benzene rings is 2.